The number of hydrogen-bond acceptors (Lipinski definition) is 8. The Morgan fingerprint density at radius 3 is 2.76 bits per heavy atom. The summed E-state index contributed by atoms with van der Waals surface area (Å²) in [5.41, 5.74) is 0.152. The van der Waals surface area contributed by atoms with Crippen LogP contribution in [-0.4, -0.2) is 26.4 Å². The van der Waals surface area contributed by atoms with Gasteiger partial charge in [-0.15, -0.1) is 11.3 Å². The van der Waals surface area contributed by atoms with Crippen molar-refractivity contribution in [1.29, 1.82) is 0 Å². The predicted octanol–water partition coefficient (Wildman–Crippen LogP) is 3.38. The Hall–Kier alpha value is -3.61. The minimum absolute atomic E-state index is 0.111. The number of nitrogens with zero attached hydrogens (tertiary/aromatic N) is 1. The molecule has 0 aliphatic carbocycles. The largest absolute Gasteiger partial charge is 0.422 e. The topological polar surface area (TPSA) is 128 Å². The van der Waals surface area contributed by atoms with Gasteiger partial charge in [0.1, 0.15) is 11.3 Å². The van der Waals surface area contributed by atoms with Crippen LogP contribution >= 0.6 is 11.3 Å². The zero-order valence-electron chi connectivity index (χ0n) is 17.9. The van der Waals surface area contributed by atoms with Crippen LogP contribution in [0.1, 0.15) is 26.5 Å². The molecule has 0 bridgehead atoms. The molecule has 9 nitrogen and oxygen atoms in total. The van der Waals surface area contributed by atoms with Crippen LogP contribution in [-0.2, 0) is 16.6 Å². The van der Waals surface area contributed by atoms with Gasteiger partial charge in [0, 0.05) is 42.1 Å². The Morgan fingerprint density at radius 1 is 1.26 bits per heavy atom. The maximum Gasteiger partial charge on any atom is 0.372 e. The molecular formula is C22H18FN3O6S2. The molecule has 0 saturated carbocycles. The molecule has 0 atom stereocenters. The van der Waals surface area contributed by atoms with Crippen LogP contribution in [0, 0.1) is 12.7 Å². The molecule has 0 radical (unpaired) electrons. The van der Waals surface area contributed by atoms with E-state index in [9.17, 15) is 22.4 Å². The fourth-order valence-electron chi connectivity index (χ4n) is 3.30. The van der Waals surface area contributed by atoms with Crippen molar-refractivity contribution in [3.8, 4) is 5.75 Å². The lowest BCUT2D eigenvalue weighted by atomic mass is 9.99. The van der Waals surface area contributed by atoms with Crippen molar-refractivity contribution in [3.05, 3.63) is 85.9 Å². The van der Waals surface area contributed by atoms with Crippen LogP contribution in [0.3, 0.4) is 0 Å². The van der Waals surface area contributed by atoms with Crippen molar-refractivity contribution < 1.29 is 26.8 Å². The number of esters is 1. The van der Waals surface area contributed by atoms with Crippen molar-refractivity contribution in [2.45, 2.75) is 13.3 Å². The second kappa shape index (κ2) is 9.33. The van der Waals surface area contributed by atoms with E-state index in [0.717, 1.165) is 11.3 Å². The number of ether oxygens (including phenoxy) is 1. The van der Waals surface area contributed by atoms with E-state index in [4.69, 9.17) is 9.15 Å². The van der Waals surface area contributed by atoms with E-state index >= 15 is 0 Å². The minimum atomic E-state index is -3.92. The molecule has 2 N–H and O–H groups in total. The third kappa shape index (κ3) is 4.83. The molecule has 12 heteroatoms. The molecule has 0 saturated heterocycles. The van der Waals surface area contributed by atoms with Crippen molar-refractivity contribution in [1.82, 2.24) is 9.71 Å². The first kappa shape index (κ1) is 23.5. The molecule has 0 amide bonds. The monoisotopic (exact) mass is 503 g/mol. The quantitative estimate of drug-likeness (QED) is 0.225. The predicted molar refractivity (Wildman–Crippen MR) is 125 cm³/mol. The van der Waals surface area contributed by atoms with Crippen LogP contribution in [0.2, 0.25) is 0 Å². The zero-order valence-corrected chi connectivity index (χ0v) is 19.6. The average molecular weight is 504 g/mol. The third-order valence-corrected chi connectivity index (χ3v) is 6.81. The first-order chi connectivity index (χ1) is 16.2. The lowest BCUT2D eigenvalue weighted by molar-refractivity contribution is 0.0734. The van der Waals surface area contributed by atoms with E-state index in [1.165, 1.54) is 37.5 Å². The summed E-state index contributed by atoms with van der Waals surface area (Å²) < 4.78 is 53.2. The fourth-order valence-corrected chi connectivity index (χ4v) is 4.36. The van der Waals surface area contributed by atoms with E-state index in [1.54, 1.807) is 24.4 Å². The number of hydrogen-bond donors (Lipinski definition) is 2. The normalized spacial score (nSPS) is 11.5. The van der Waals surface area contributed by atoms with Crippen molar-refractivity contribution in [3.63, 3.8) is 0 Å². The van der Waals surface area contributed by atoms with Gasteiger partial charge in [-0.2, -0.15) is 8.42 Å². The van der Waals surface area contributed by atoms with E-state index in [2.05, 4.69) is 9.71 Å². The van der Waals surface area contributed by atoms with Crippen LogP contribution in [0.25, 0.3) is 11.0 Å². The molecule has 0 spiro atoms. The number of carbonyl (C=O) groups excluding carboxylic acids is 1. The first-order valence-electron chi connectivity index (χ1n) is 9.85. The summed E-state index contributed by atoms with van der Waals surface area (Å²) in [5.74, 6) is -1.25. The van der Waals surface area contributed by atoms with Crippen LogP contribution < -0.4 is 19.8 Å². The molecule has 176 valence electrons. The number of halogens is 1. The van der Waals surface area contributed by atoms with Gasteiger partial charge < -0.3 is 9.15 Å². The lowest BCUT2D eigenvalue weighted by Crippen LogP contribution is -2.27. The van der Waals surface area contributed by atoms with Crippen molar-refractivity contribution in [2.75, 3.05) is 11.8 Å². The minimum Gasteiger partial charge on any atom is -0.422 e. The van der Waals surface area contributed by atoms with Gasteiger partial charge in [-0.05, 0) is 36.2 Å². The number of rotatable bonds is 7. The highest BCUT2D eigenvalue weighted by Crippen LogP contribution is 2.27. The molecule has 0 aliphatic heterocycles. The molecule has 0 fully saturated rings. The number of anilines is 1. The number of nitrogens with one attached hydrogen (secondary N) is 2. The van der Waals surface area contributed by atoms with Crippen LogP contribution in [0.4, 0.5) is 10.1 Å². The molecule has 0 aliphatic rings. The Kier molecular flexibility index (Phi) is 6.46. The van der Waals surface area contributed by atoms with Gasteiger partial charge in [0.2, 0.25) is 5.01 Å². The van der Waals surface area contributed by atoms with Gasteiger partial charge in [0.15, 0.2) is 5.82 Å². The maximum atomic E-state index is 15.0. The zero-order chi connectivity index (χ0) is 24.5. The number of aryl methyl sites for hydroxylation is 1. The smallest absolute Gasteiger partial charge is 0.372 e. The number of aromatic nitrogens is 1. The summed E-state index contributed by atoms with van der Waals surface area (Å²) in [4.78, 5) is 28.7. The summed E-state index contributed by atoms with van der Waals surface area (Å²) in [6.07, 6.45) is 1.37. The number of fused-ring (bicyclic) bond motifs is 1. The number of carbonyl (C=O) groups is 1. The van der Waals surface area contributed by atoms with Gasteiger partial charge in [-0.25, -0.2) is 23.7 Å². The van der Waals surface area contributed by atoms with Gasteiger partial charge in [0.05, 0.1) is 5.69 Å². The number of thiazole rings is 1. The SMILES string of the molecule is CNS(=O)(=O)Nc1cccc(Cc2c(C)c3ccc(OC(=O)c4nccs4)cc3oc2=O)c1F. The third-order valence-electron chi connectivity index (χ3n) is 5.04. The molecule has 4 rings (SSSR count). The van der Waals surface area contributed by atoms with Crippen LogP contribution in [0.5, 0.6) is 5.75 Å². The first-order valence-corrected chi connectivity index (χ1v) is 12.2. The van der Waals surface area contributed by atoms with E-state index in [-0.39, 0.29) is 39.6 Å². The van der Waals surface area contributed by atoms with Gasteiger partial charge in [-0.3, -0.25) is 4.72 Å². The Labute approximate surface area is 197 Å². The Balaban J connectivity index is 1.66. The standard InChI is InChI=1S/C22H18FN3O6S2/c1-12-15-7-6-14(31-22(28)20-25-8-9-33-20)11-18(15)32-21(27)16(12)10-13-4-3-5-17(19(13)23)26-34(29,30)24-2/h3-9,11,24,26H,10H2,1-2H3. The highest BCUT2D eigenvalue weighted by Gasteiger charge is 2.18. The maximum absolute atomic E-state index is 15.0. The molecule has 2 aromatic carbocycles. The highest BCUT2D eigenvalue weighted by molar-refractivity contribution is 7.90. The molecule has 2 heterocycles. The Bertz CT molecular complexity index is 1550. The second-order valence-electron chi connectivity index (χ2n) is 7.14. The fraction of sp³-hybridized carbons (Fsp3) is 0.136. The number of benzene rings is 2. The summed E-state index contributed by atoms with van der Waals surface area (Å²) in [5, 5.41) is 2.42. The van der Waals surface area contributed by atoms with E-state index < -0.39 is 27.6 Å². The summed E-state index contributed by atoms with van der Waals surface area (Å²) in [6, 6.07) is 8.82. The summed E-state index contributed by atoms with van der Waals surface area (Å²) in [6.45, 7) is 1.70. The lowest BCUT2D eigenvalue weighted by Gasteiger charge is -2.12. The molecule has 34 heavy (non-hydrogen) atoms. The van der Waals surface area contributed by atoms with Crippen molar-refractivity contribution >= 4 is 44.2 Å². The van der Waals surface area contributed by atoms with Crippen LogP contribution in [0.15, 0.2) is 57.2 Å². The molecule has 4 aromatic rings. The van der Waals surface area contributed by atoms with E-state index in [1.807, 2.05) is 4.72 Å². The van der Waals surface area contributed by atoms with Gasteiger partial charge in [0.25, 0.3) is 10.2 Å². The molecule has 2 aromatic heterocycles. The van der Waals surface area contributed by atoms with Gasteiger partial charge >= 0.3 is 11.6 Å². The highest BCUT2D eigenvalue weighted by atomic mass is 32.2. The van der Waals surface area contributed by atoms with E-state index in [0.29, 0.717) is 10.9 Å². The second-order valence-corrected chi connectivity index (χ2v) is 9.66. The summed E-state index contributed by atoms with van der Waals surface area (Å²) in [7, 11) is -2.72. The van der Waals surface area contributed by atoms with Crippen molar-refractivity contribution in [2.24, 2.45) is 0 Å². The Morgan fingerprint density at radius 2 is 2.06 bits per heavy atom. The molecular weight excluding hydrogens is 485 g/mol. The summed E-state index contributed by atoms with van der Waals surface area (Å²) >= 11 is 1.14. The van der Waals surface area contributed by atoms with Gasteiger partial charge in [-0.1, -0.05) is 12.1 Å². The average Bonchev–Trinajstić information content (AvgIpc) is 3.34. The molecule has 0 unspecified atom stereocenters.